The van der Waals surface area contributed by atoms with Crippen LogP contribution in [-0.2, 0) is 11.3 Å². The highest BCUT2D eigenvalue weighted by Crippen LogP contribution is 2.29. The predicted octanol–water partition coefficient (Wildman–Crippen LogP) is 3.29. The van der Waals surface area contributed by atoms with Crippen LogP contribution in [0.4, 0.5) is 5.95 Å². The summed E-state index contributed by atoms with van der Waals surface area (Å²) in [5.41, 5.74) is 2.92. The van der Waals surface area contributed by atoms with Crippen LogP contribution in [0.5, 0.6) is 0 Å². The second-order valence-corrected chi connectivity index (χ2v) is 7.64. The zero-order valence-corrected chi connectivity index (χ0v) is 16.0. The fourth-order valence-corrected chi connectivity index (χ4v) is 4.16. The van der Waals surface area contributed by atoms with Crippen molar-refractivity contribution in [2.75, 3.05) is 25.0 Å². The van der Waals surface area contributed by atoms with Crippen molar-refractivity contribution in [3.8, 4) is 11.1 Å². The zero-order chi connectivity index (χ0) is 18.6. The van der Waals surface area contributed by atoms with Gasteiger partial charge in [0.2, 0.25) is 11.9 Å². The third kappa shape index (κ3) is 3.94. The van der Waals surface area contributed by atoms with Crippen LogP contribution < -0.4 is 4.90 Å². The van der Waals surface area contributed by atoms with Crippen molar-refractivity contribution >= 4 is 11.9 Å². The Morgan fingerprint density at radius 2 is 1.85 bits per heavy atom. The van der Waals surface area contributed by atoms with Gasteiger partial charge in [-0.2, -0.15) is 0 Å². The molecule has 3 heterocycles. The Labute approximate surface area is 160 Å². The molecule has 1 aliphatic carbocycles. The van der Waals surface area contributed by atoms with E-state index in [9.17, 15) is 4.79 Å². The molecule has 2 fully saturated rings. The highest BCUT2D eigenvalue weighted by Gasteiger charge is 2.26. The molecule has 1 amide bonds. The first-order valence-electron chi connectivity index (χ1n) is 9.98. The van der Waals surface area contributed by atoms with E-state index in [-0.39, 0.29) is 11.8 Å². The summed E-state index contributed by atoms with van der Waals surface area (Å²) < 4.78 is 0. The minimum Gasteiger partial charge on any atom is -0.341 e. The van der Waals surface area contributed by atoms with Crippen molar-refractivity contribution in [2.45, 2.75) is 45.1 Å². The Morgan fingerprint density at radius 1 is 1.15 bits per heavy atom. The van der Waals surface area contributed by atoms with E-state index in [4.69, 9.17) is 4.98 Å². The maximum atomic E-state index is 12.8. The first-order chi connectivity index (χ1) is 13.2. The maximum absolute atomic E-state index is 12.8. The molecule has 6 nitrogen and oxygen atoms in total. The lowest BCUT2D eigenvalue weighted by Crippen LogP contribution is -2.32. The van der Waals surface area contributed by atoms with Gasteiger partial charge >= 0.3 is 0 Å². The number of anilines is 1. The number of carbonyl (C=O) groups excluding carboxylic acids is 1. The highest BCUT2D eigenvalue weighted by molar-refractivity contribution is 5.79. The summed E-state index contributed by atoms with van der Waals surface area (Å²) in [5.74, 6) is 1.20. The van der Waals surface area contributed by atoms with E-state index >= 15 is 0 Å². The quantitative estimate of drug-likeness (QED) is 0.814. The molecule has 142 valence electrons. The van der Waals surface area contributed by atoms with Gasteiger partial charge in [-0.3, -0.25) is 9.78 Å². The third-order valence-corrected chi connectivity index (χ3v) is 5.70. The monoisotopic (exact) mass is 365 g/mol. The Balaban J connectivity index is 1.62. The Bertz CT molecular complexity index is 782. The average molecular weight is 365 g/mol. The molecule has 0 spiro atoms. The summed E-state index contributed by atoms with van der Waals surface area (Å²) in [6.07, 6.45) is 12.2. The molecule has 1 aliphatic heterocycles. The fraction of sp³-hybridized carbons (Fsp3) is 0.524. The minimum absolute atomic E-state index is 0.180. The molecular formula is C21H27N5O. The van der Waals surface area contributed by atoms with Gasteiger partial charge in [0.1, 0.15) is 0 Å². The van der Waals surface area contributed by atoms with Gasteiger partial charge in [0.25, 0.3) is 0 Å². The predicted molar refractivity (Wildman–Crippen MR) is 105 cm³/mol. The van der Waals surface area contributed by atoms with Crippen molar-refractivity contribution in [3.05, 3.63) is 36.4 Å². The number of carbonyl (C=O) groups is 1. The van der Waals surface area contributed by atoms with Crippen LogP contribution in [0.1, 0.15) is 44.2 Å². The van der Waals surface area contributed by atoms with Gasteiger partial charge in [-0.05, 0) is 43.4 Å². The molecule has 2 aromatic heterocycles. The molecule has 0 bridgehead atoms. The fourth-order valence-electron chi connectivity index (χ4n) is 4.16. The van der Waals surface area contributed by atoms with Crippen molar-refractivity contribution in [3.63, 3.8) is 0 Å². The van der Waals surface area contributed by atoms with Gasteiger partial charge in [-0.15, -0.1) is 0 Å². The van der Waals surface area contributed by atoms with Crippen LogP contribution >= 0.6 is 0 Å². The first kappa shape index (κ1) is 17.9. The lowest BCUT2D eigenvalue weighted by atomic mass is 10.0. The number of hydrogen-bond acceptors (Lipinski definition) is 5. The average Bonchev–Trinajstić information content (AvgIpc) is 3.42. The van der Waals surface area contributed by atoms with Crippen LogP contribution in [0, 0.1) is 5.92 Å². The molecular weight excluding hydrogens is 338 g/mol. The van der Waals surface area contributed by atoms with E-state index in [1.54, 1.807) is 12.4 Å². The standard InChI is InChI=1S/C21H27N5O/c1-25(20(27)17-6-2-3-7-17)15-19-18(16-8-10-22-11-9-16)14-23-21(24-19)26-12-4-5-13-26/h8-11,14,17H,2-7,12-13,15H2,1H3. The van der Waals surface area contributed by atoms with Gasteiger partial charge in [0.05, 0.1) is 12.2 Å². The molecule has 0 atom stereocenters. The molecule has 0 N–H and O–H groups in total. The maximum Gasteiger partial charge on any atom is 0.225 e. The van der Waals surface area contributed by atoms with Gasteiger partial charge in [-0.1, -0.05) is 12.8 Å². The molecule has 4 rings (SSSR count). The molecule has 1 saturated heterocycles. The zero-order valence-electron chi connectivity index (χ0n) is 16.0. The van der Waals surface area contributed by atoms with Crippen LogP contribution in [0.2, 0.25) is 0 Å². The number of aromatic nitrogens is 3. The van der Waals surface area contributed by atoms with Crippen LogP contribution in [0.3, 0.4) is 0 Å². The Hall–Kier alpha value is -2.50. The molecule has 27 heavy (non-hydrogen) atoms. The van der Waals surface area contributed by atoms with Crippen molar-refractivity contribution in [2.24, 2.45) is 5.92 Å². The largest absolute Gasteiger partial charge is 0.341 e. The van der Waals surface area contributed by atoms with Gasteiger partial charge in [-0.25, -0.2) is 9.97 Å². The van der Waals surface area contributed by atoms with Crippen LogP contribution in [-0.4, -0.2) is 45.9 Å². The third-order valence-electron chi connectivity index (χ3n) is 5.70. The van der Waals surface area contributed by atoms with Crippen LogP contribution in [0.25, 0.3) is 11.1 Å². The van der Waals surface area contributed by atoms with Crippen molar-refractivity contribution in [1.29, 1.82) is 0 Å². The summed E-state index contributed by atoms with van der Waals surface area (Å²) in [6, 6.07) is 3.94. The topological polar surface area (TPSA) is 62.2 Å². The Morgan fingerprint density at radius 3 is 2.56 bits per heavy atom. The van der Waals surface area contributed by atoms with E-state index in [1.165, 1.54) is 25.7 Å². The van der Waals surface area contributed by atoms with E-state index < -0.39 is 0 Å². The van der Waals surface area contributed by atoms with E-state index in [0.29, 0.717) is 6.54 Å². The number of rotatable bonds is 5. The number of nitrogens with zero attached hydrogens (tertiary/aromatic N) is 5. The normalized spacial score (nSPS) is 17.4. The molecule has 6 heteroatoms. The minimum atomic E-state index is 0.180. The van der Waals surface area contributed by atoms with Crippen molar-refractivity contribution in [1.82, 2.24) is 19.9 Å². The van der Waals surface area contributed by atoms with Crippen molar-refractivity contribution < 1.29 is 4.79 Å². The summed E-state index contributed by atoms with van der Waals surface area (Å²) in [7, 11) is 1.90. The number of amides is 1. The molecule has 0 aromatic carbocycles. The van der Waals surface area contributed by atoms with Crippen LogP contribution in [0.15, 0.2) is 30.7 Å². The molecule has 0 radical (unpaired) electrons. The molecule has 2 aliphatic rings. The SMILES string of the molecule is CN(Cc1nc(N2CCCC2)ncc1-c1ccncc1)C(=O)C1CCCC1. The van der Waals surface area contributed by atoms with E-state index in [0.717, 1.165) is 48.7 Å². The number of pyridine rings is 1. The van der Waals surface area contributed by atoms with Gasteiger partial charge < -0.3 is 9.80 Å². The number of hydrogen-bond donors (Lipinski definition) is 0. The van der Waals surface area contributed by atoms with Gasteiger partial charge in [0.15, 0.2) is 0 Å². The Kier molecular flexibility index (Phi) is 5.32. The smallest absolute Gasteiger partial charge is 0.225 e. The van der Waals surface area contributed by atoms with E-state index in [1.807, 2.05) is 30.3 Å². The summed E-state index contributed by atoms with van der Waals surface area (Å²) >= 11 is 0. The lowest BCUT2D eigenvalue weighted by Gasteiger charge is -2.23. The summed E-state index contributed by atoms with van der Waals surface area (Å²) in [5, 5.41) is 0. The molecule has 1 saturated carbocycles. The lowest BCUT2D eigenvalue weighted by molar-refractivity contribution is -0.134. The summed E-state index contributed by atoms with van der Waals surface area (Å²) in [6.45, 7) is 2.52. The first-order valence-corrected chi connectivity index (χ1v) is 9.98. The second-order valence-electron chi connectivity index (χ2n) is 7.64. The summed E-state index contributed by atoms with van der Waals surface area (Å²) in [4.78, 5) is 30.5. The molecule has 2 aromatic rings. The van der Waals surface area contributed by atoms with Gasteiger partial charge in [0, 0.05) is 50.2 Å². The highest BCUT2D eigenvalue weighted by atomic mass is 16.2. The van der Waals surface area contributed by atoms with E-state index in [2.05, 4.69) is 14.9 Å². The second kappa shape index (κ2) is 8.03. The molecule has 0 unspecified atom stereocenters.